The van der Waals surface area contributed by atoms with Crippen LogP contribution in [-0.4, -0.2) is 29.4 Å². The zero-order chi connectivity index (χ0) is 22.9. The van der Waals surface area contributed by atoms with Gasteiger partial charge in [-0.05, 0) is 43.6 Å². The van der Waals surface area contributed by atoms with Gasteiger partial charge in [0, 0.05) is 17.7 Å². The van der Waals surface area contributed by atoms with E-state index in [4.69, 9.17) is 21.7 Å². The van der Waals surface area contributed by atoms with Gasteiger partial charge >= 0.3 is 5.69 Å². The van der Waals surface area contributed by atoms with Crippen LogP contribution in [0.3, 0.4) is 0 Å². The lowest BCUT2D eigenvalue weighted by atomic mass is 9.96. The number of nitro groups is 1. The molecular formula is C23H28N4O4S. The van der Waals surface area contributed by atoms with Crippen LogP contribution in [0.1, 0.15) is 48.8 Å². The van der Waals surface area contributed by atoms with Crippen molar-refractivity contribution < 1.29 is 14.4 Å². The molecule has 0 bridgehead atoms. The van der Waals surface area contributed by atoms with Crippen LogP contribution in [0.4, 0.5) is 5.69 Å². The third-order valence-electron chi connectivity index (χ3n) is 5.26. The van der Waals surface area contributed by atoms with Crippen molar-refractivity contribution >= 4 is 29.2 Å². The molecule has 2 N–H and O–H groups in total. The Kier molecular flexibility index (Phi) is 8.38. The molecule has 9 heteroatoms. The van der Waals surface area contributed by atoms with Gasteiger partial charge in [0.2, 0.25) is 5.75 Å². The molecule has 0 unspecified atom stereocenters. The molecule has 0 spiro atoms. The van der Waals surface area contributed by atoms with Crippen molar-refractivity contribution in [3.8, 4) is 11.5 Å². The molecule has 1 fully saturated rings. The summed E-state index contributed by atoms with van der Waals surface area (Å²) in [5, 5.41) is 19.5. The van der Waals surface area contributed by atoms with E-state index in [-0.39, 0.29) is 23.8 Å². The Hall–Kier alpha value is -3.20. The largest absolute Gasteiger partial charge is 0.493 e. The van der Waals surface area contributed by atoms with Gasteiger partial charge in [-0.3, -0.25) is 15.5 Å². The molecule has 3 rings (SSSR count). The highest BCUT2D eigenvalue weighted by molar-refractivity contribution is 7.80. The number of hydrazone groups is 1. The highest BCUT2D eigenvalue weighted by Crippen LogP contribution is 2.38. The summed E-state index contributed by atoms with van der Waals surface area (Å²) < 4.78 is 11.2. The van der Waals surface area contributed by atoms with E-state index in [0.717, 1.165) is 24.0 Å². The fraction of sp³-hybridized carbons (Fsp3) is 0.391. The molecule has 0 saturated heterocycles. The molecule has 1 aliphatic carbocycles. The van der Waals surface area contributed by atoms with Gasteiger partial charge in [-0.2, -0.15) is 5.10 Å². The number of benzene rings is 2. The molecular weight excluding hydrogens is 428 g/mol. The summed E-state index contributed by atoms with van der Waals surface area (Å²) in [6.45, 7) is 2.17. The molecule has 0 heterocycles. The number of methoxy groups -OCH3 is 1. The van der Waals surface area contributed by atoms with Crippen LogP contribution < -0.4 is 20.2 Å². The zero-order valence-corrected chi connectivity index (χ0v) is 19.1. The van der Waals surface area contributed by atoms with Crippen molar-refractivity contribution in [2.45, 2.75) is 51.7 Å². The first-order valence-corrected chi connectivity index (χ1v) is 11.0. The molecule has 0 amide bonds. The van der Waals surface area contributed by atoms with Gasteiger partial charge < -0.3 is 14.8 Å². The van der Waals surface area contributed by atoms with Gasteiger partial charge in [0.05, 0.1) is 18.2 Å². The summed E-state index contributed by atoms with van der Waals surface area (Å²) in [5.74, 6) is 0.342. The standard InChI is InChI=1S/C23H28N4O4S/c1-16-7-6-8-17(11-16)15-31-22-20(27(28)29)12-18(13-21(22)30-2)14-24-26-23(32)25-19-9-4-3-5-10-19/h6-8,11-14,19H,3-5,9-10,15H2,1-2H3,(H2,25,26,32)/b24-14-. The number of nitrogens with one attached hydrogen (secondary N) is 2. The maximum atomic E-state index is 11.7. The quantitative estimate of drug-likeness (QED) is 0.259. The van der Waals surface area contributed by atoms with E-state index in [1.54, 1.807) is 6.07 Å². The Bertz CT molecular complexity index is 990. The molecule has 32 heavy (non-hydrogen) atoms. The van der Waals surface area contributed by atoms with Gasteiger partial charge in [0.25, 0.3) is 0 Å². The molecule has 8 nitrogen and oxygen atoms in total. The zero-order valence-electron chi connectivity index (χ0n) is 18.3. The molecule has 2 aromatic carbocycles. The van der Waals surface area contributed by atoms with Crippen molar-refractivity contribution in [3.05, 3.63) is 63.2 Å². The van der Waals surface area contributed by atoms with Crippen LogP contribution in [0.2, 0.25) is 0 Å². The van der Waals surface area contributed by atoms with Gasteiger partial charge in [-0.25, -0.2) is 0 Å². The molecule has 2 aromatic rings. The molecule has 0 radical (unpaired) electrons. The third kappa shape index (κ3) is 6.65. The van der Waals surface area contributed by atoms with Gasteiger partial charge in [0.1, 0.15) is 6.61 Å². The second kappa shape index (κ2) is 11.4. The van der Waals surface area contributed by atoms with E-state index in [1.165, 1.54) is 38.7 Å². The number of aryl methyl sites for hydroxylation is 1. The summed E-state index contributed by atoms with van der Waals surface area (Å²) in [6, 6.07) is 11.2. The number of nitro benzene ring substituents is 1. The van der Waals surface area contributed by atoms with Crippen LogP contribution >= 0.6 is 12.2 Å². The van der Waals surface area contributed by atoms with Crippen LogP contribution in [0.25, 0.3) is 0 Å². The van der Waals surface area contributed by atoms with Gasteiger partial charge in [-0.1, -0.05) is 49.1 Å². The van der Waals surface area contributed by atoms with Crippen LogP contribution in [0, 0.1) is 17.0 Å². The molecule has 0 atom stereocenters. The molecule has 1 saturated carbocycles. The topological polar surface area (TPSA) is 98.0 Å². The van der Waals surface area contributed by atoms with E-state index in [0.29, 0.717) is 16.7 Å². The summed E-state index contributed by atoms with van der Waals surface area (Å²) in [6.07, 6.45) is 7.32. The van der Waals surface area contributed by atoms with E-state index in [2.05, 4.69) is 15.8 Å². The highest BCUT2D eigenvalue weighted by Gasteiger charge is 2.22. The average molecular weight is 457 g/mol. The predicted molar refractivity (Wildman–Crippen MR) is 128 cm³/mol. The minimum Gasteiger partial charge on any atom is -0.493 e. The third-order valence-corrected chi connectivity index (χ3v) is 5.47. The lowest BCUT2D eigenvalue weighted by molar-refractivity contribution is -0.386. The second-order valence-electron chi connectivity index (χ2n) is 7.78. The van der Waals surface area contributed by atoms with E-state index in [1.807, 2.05) is 31.2 Å². The maximum absolute atomic E-state index is 11.7. The van der Waals surface area contributed by atoms with Gasteiger partial charge in [0.15, 0.2) is 10.9 Å². The summed E-state index contributed by atoms with van der Waals surface area (Å²) in [5.41, 5.74) is 5.07. The number of nitrogens with zero attached hydrogens (tertiary/aromatic N) is 2. The van der Waals surface area contributed by atoms with E-state index in [9.17, 15) is 10.1 Å². The Morgan fingerprint density at radius 3 is 2.75 bits per heavy atom. The normalized spacial score (nSPS) is 14.2. The van der Waals surface area contributed by atoms with Crippen molar-refractivity contribution in [2.24, 2.45) is 5.10 Å². The highest BCUT2D eigenvalue weighted by atomic mass is 32.1. The predicted octanol–water partition coefficient (Wildman–Crippen LogP) is 4.62. The van der Waals surface area contributed by atoms with E-state index < -0.39 is 4.92 Å². The van der Waals surface area contributed by atoms with Crippen molar-refractivity contribution in [2.75, 3.05) is 7.11 Å². The Morgan fingerprint density at radius 2 is 2.06 bits per heavy atom. The lowest BCUT2D eigenvalue weighted by Crippen LogP contribution is -2.40. The molecule has 1 aliphatic rings. The number of thiocarbonyl (C=S) groups is 1. The number of hydrogen-bond donors (Lipinski definition) is 2. The number of hydrogen-bond acceptors (Lipinski definition) is 6. The Morgan fingerprint density at radius 1 is 1.28 bits per heavy atom. The van der Waals surface area contributed by atoms with Crippen LogP contribution in [-0.2, 0) is 6.61 Å². The fourth-order valence-corrected chi connectivity index (χ4v) is 3.92. The monoisotopic (exact) mass is 456 g/mol. The van der Waals surface area contributed by atoms with E-state index >= 15 is 0 Å². The Balaban J connectivity index is 1.70. The smallest absolute Gasteiger partial charge is 0.315 e. The fourth-order valence-electron chi connectivity index (χ4n) is 3.70. The second-order valence-corrected chi connectivity index (χ2v) is 8.19. The summed E-state index contributed by atoms with van der Waals surface area (Å²) in [4.78, 5) is 11.2. The number of ether oxygens (including phenoxy) is 2. The summed E-state index contributed by atoms with van der Waals surface area (Å²) in [7, 11) is 1.45. The van der Waals surface area contributed by atoms with Crippen molar-refractivity contribution in [1.82, 2.24) is 10.7 Å². The number of rotatable bonds is 8. The average Bonchev–Trinajstić information content (AvgIpc) is 2.78. The summed E-state index contributed by atoms with van der Waals surface area (Å²) >= 11 is 5.29. The minimum absolute atomic E-state index is 0.0820. The first kappa shape index (κ1) is 23.5. The van der Waals surface area contributed by atoms with Crippen LogP contribution in [0.15, 0.2) is 41.5 Å². The lowest BCUT2D eigenvalue weighted by Gasteiger charge is -2.23. The van der Waals surface area contributed by atoms with Gasteiger partial charge in [-0.15, -0.1) is 0 Å². The molecule has 0 aromatic heterocycles. The Labute approximate surface area is 193 Å². The van der Waals surface area contributed by atoms with Crippen molar-refractivity contribution in [3.63, 3.8) is 0 Å². The minimum atomic E-state index is -0.492. The molecule has 0 aliphatic heterocycles. The van der Waals surface area contributed by atoms with Crippen LogP contribution in [0.5, 0.6) is 11.5 Å². The SMILES string of the molecule is COc1cc(/C=N\NC(=S)NC2CCCCC2)cc([N+](=O)[O-])c1OCc1cccc(C)c1. The maximum Gasteiger partial charge on any atom is 0.315 e. The molecule has 170 valence electrons. The van der Waals surface area contributed by atoms with Crippen molar-refractivity contribution in [1.29, 1.82) is 0 Å². The first-order chi connectivity index (χ1) is 15.5. The first-order valence-electron chi connectivity index (χ1n) is 10.6.